The Kier molecular flexibility index (Phi) is 3.92. The molecule has 2 aromatic carbocycles. The lowest BCUT2D eigenvalue weighted by atomic mass is 10.0. The van der Waals surface area contributed by atoms with E-state index in [1.807, 2.05) is 30.3 Å². The lowest BCUT2D eigenvalue weighted by Crippen LogP contribution is -2.03. The van der Waals surface area contributed by atoms with Crippen LogP contribution in [0.15, 0.2) is 53.0 Å². The molecule has 0 amide bonds. The molecule has 0 aromatic heterocycles. The molecule has 0 aliphatic carbocycles. The lowest BCUT2D eigenvalue weighted by Gasteiger charge is -2.11. The van der Waals surface area contributed by atoms with Crippen LogP contribution in [0.5, 0.6) is 0 Å². The molecule has 2 rings (SSSR count). The summed E-state index contributed by atoms with van der Waals surface area (Å²) in [5.74, 6) is -0.297. The van der Waals surface area contributed by atoms with Gasteiger partial charge in [-0.05, 0) is 23.3 Å². The maximum absolute atomic E-state index is 13.6. The van der Waals surface area contributed by atoms with E-state index in [-0.39, 0.29) is 12.2 Å². The van der Waals surface area contributed by atoms with E-state index in [1.54, 1.807) is 12.1 Å². The van der Waals surface area contributed by atoms with Crippen LogP contribution in [0.3, 0.4) is 0 Å². The Bertz CT molecular complexity index is 499. The molecule has 0 saturated carbocycles. The van der Waals surface area contributed by atoms with Crippen LogP contribution in [0, 0.1) is 5.82 Å². The maximum atomic E-state index is 13.6. The Labute approximate surface area is 108 Å². The highest BCUT2D eigenvalue weighted by molar-refractivity contribution is 9.10. The van der Waals surface area contributed by atoms with Gasteiger partial charge in [-0.1, -0.05) is 52.3 Å². The summed E-state index contributed by atoms with van der Waals surface area (Å²) in [4.78, 5) is 0. The van der Waals surface area contributed by atoms with Crippen molar-refractivity contribution in [2.45, 2.75) is 12.5 Å². The van der Waals surface area contributed by atoms with Gasteiger partial charge in [-0.15, -0.1) is 0 Å². The first kappa shape index (κ1) is 12.3. The Morgan fingerprint density at radius 1 is 1.12 bits per heavy atom. The largest absolute Gasteiger partial charge is 0.388 e. The molecular weight excluding hydrogens is 283 g/mol. The van der Waals surface area contributed by atoms with Crippen molar-refractivity contribution >= 4 is 15.9 Å². The van der Waals surface area contributed by atoms with Gasteiger partial charge in [-0.3, -0.25) is 0 Å². The van der Waals surface area contributed by atoms with E-state index in [1.165, 1.54) is 6.07 Å². The van der Waals surface area contributed by atoms with Crippen LogP contribution in [-0.4, -0.2) is 5.11 Å². The predicted molar refractivity (Wildman–Crippen MR) is 69.2 cm³/mol. The molecular formula is C14H12BrFO. The van der Waals surface area contributed by atoms with Gasteiger partial charge in [0.15, 0.2) is 0 Å². The van der Waals surface area contributed by atoms with Gasteiger partial charge in [-0.25, -0.2) is 4.39 Å². The van der Waals surface area contributed by atoms with Gasteiger partial charge in [-0.2, -0.15) is 0 Å². The van der Waals surface area contributed by atoms with Crippen molar-refractivity contribution < 1.29 is 9.50 Å². The average molecular weight is 295 g/mol. The van der Waals surface area contributed by atoms with Crippen LogP contribution in [-0.2, 0) is 6.42 Å². The zero-order valence-corrected chi connectivity index (χ0v) is 10.7. The number of aliphatic hydroxyl groups excluding tert-OH is 1. The first-order chi connectivity index (χ1) is 8.16. The Hall–Kier alpha value is -1.19. The van der Waals surface area contributed by atoms with Crippen LogP contribution in [0.1, 0.15) is 17.2 Å². The Morgan fingerprint density at radius 3 is 2.47 bits per heavy atom. The van der Waals surface area contributed by atoms with E-state index < -0.39 is 6.10 Å². The highest BCUT2D eigenvalue weighted by Gasteiger charge is 2.11. The van der Waals surface area contributed by atoms with Gasteiger partial charge in [0, 0.05) is 10.9 Å². The lowest BCUT2D eigenvalue weighted by molar-refractivity contribution is 0.177. The molecule has 0 fully saturated rings. The summed E-state index contributed by atoms with van der Waals surface area (Å²) in [7, 11) is 0. The van der Waals surface area contributed by atoms with Crippen molar-refractivity contribution in [2.75, 3.05) is 0 Å². The smallest absolute Gasteiger partial charge is 0.127 e. The van der Waals surface area contributed by atoms with Gasteiger partial charge >= 0.3 is 0 Å². The molecule has 0 spiro atoms. The van der Waals surface area contributed by atoms with E-state index >= 15 is 0 Å². The summed E-state index contributed by atoms with van der Waals surface area (Å²) in [6.07, 6.45) is -0.393. The van der Waals surface area contributed by atoms with Gasteiger partial charge in [0.2, 0.25) is 0 Å². The number of hydrogen-bond acceptors (Lipinski definition) is 1. The number of benzene rings is 2. The standard InChI is InChI=1S/C14H12BrFO/c15-12-7-6-11(13(16)9-12)8-14(17)10-4-2-1-3-5-10/h1-7,9,14,17H,8H2. The number of rotatable bonds is 3. The molecule has 1 nitrogen and oxygen atoms in total. The maximum Gasteiger partial charge on any atom is 0.127 e. The highest BCUT2D eigenvalue weighted by Crippen LogP contribution is 2.22. The summed E-state index contributed by atoms with van der Waals surface area (Å²) in [6.45, 7) is 0. The molecule has 17 heavy (non-hydrogen) atoms. The quantitative estimate of drug-likeness (QED) is 0.911. The summed E-state index contributed by atoms with van der Waals surface area (Å²) in [6, 6.07) is 14.1. The van der Waals surface area contributed by atoms with Crippen LogP contribution < -0.4 is 0 Å². The van der Waals surface area contributed by atoms with Gasteiger partial charge in [0.25, 0.3) is 0 Å². The number of aliphatic hydroxyl groups is 1. The van der Waals surface area contributed by atoms with Crippen molar-refractivity contribution in [3.8, 4) is 0 Å². The minimum absolute atomic E-state index is 0.281. The Morgan fingerprint density at radius 2 is 1.82 bits per heavy atom. The van der Waals surface area contributed by atoms with Crippen molar-refractivity contribution in [3.05, 3.63) is 69.9 Å². The molecule has 0 radical (unpaired) electrons. The minimum atomic E-state index is -0.674. The van der Waals surface area contributed by atoms with Gasteiger partial charge in [0.05, 0.1) is 6.10 Å². The zero-order valence-electron chi connectivity index (χ0n) is 9.11. The first-order valence-electron chi connectivity index (χ1n) is 5.34. The van der Waals surface area contributed by atoms with E-state index in [9.17, 15) is 9.50 Å². The molecule has 1 unspecified atom stereocenters. The van der Waals surface area contributed by atoms with Crippen molar-refractivity contribution in [1.29, 1.82) is 0 Å². The normalized spacial score (nSPS) is 12.4. The first-order valence-corrected chi connectivity index (χ1v) is 6.13. The van der Waals surface area contributed by atoms with Gasteiger partial charge < -0.3 is 5.11 Å². The molecule has 1 N–H and O–H groups in total. The third kappa shape index (κ3) is 3.14. The van der Waals surface area contributed by atoms with E-state index in [4.69, 9.17) is 0 Å². The van der Waals surface area contributed by atoms with Crippen molar-refractivity contribution in [3.63, 3.8) is 0 Å². The molecule has 0 saturated heterocycles. The highest BCUT2D eigenvalue weighted by atomic mass is 79.9. The molecule has 0 heterocycles. The third-order valence-corrected chi connectivity index (χ3v) is 3.11. The topological polar surface area (TPSA) is 20.2 Å². The average Bonchev–Trinajstić information content (AvgIpc) is 2.34. The molecule has 3 heteroatoms. The second kappa shape index (κ2) is 5.43. The van der Waals surface area contributed by atoms with Crippen LogP contribution in [0.25, 0.3) is 0 Å². The molecule has 88 valence electrons. The molecule has 2 aromatic rings. The van der Waals surface area contributed by atoms with Crippen molar-refractivity contribution in [1.82, 2.24) is 0 Å². The molecule has 1 atom stereocenters. The summed E-state index contributed by atoms with van der Waals surface area (Å²) in [5.41, 5.74) is 1.32. The number of halogens is 2. The van der Waals surface area contributed by atoms with Crippen LogP contribution >= 0.6 is 15.9 Å². The minimum Gasteiger partial charge on any atom is -0.388 e. The predicted octanol–water partition coefficient (Wildman–Crippen LogP) is 3.86. The fraction of sp³-hybridized carbons (Fsp3) is 0.143. The third-order valence-electron chi connectivity index (χ3n) is 2.61. The fourth-order valence-corrected chi connectivity index (χ4v) is 2.02. The molecule has 0 aliphatic rings. The molecule has 0 bridgehead atoms. The summed E-state index contributed by atoms with van der Waals surface area (Å²) < 4.78 is 14.3. The van der Waals surface area contributed by atoms with Crippen molar-refractivity contribution in [2.24, 2.45) is 0 Å². The fourth-order valence-electron chi connectivity index (χ4n) is 1.69. The summed E-state index contributed by atoms with van der Waals surface area (Å²) in [5, 5.41) is 9.99. The number of hydrogen-bond donors (Lipinski definition) is 1. The van der Waals surface area contributed by atoms with E-state index in [2.05, 4.69) is 15.9 Å². The van der Waals surface area contributed by atoms with Crippen LogP contribution in [0.4, 0.5) is 4.39 Å². The zero-order chi connectivity index (χ0) is 12.3. The second-order valence-electron chi connectivity index (χ2n) is 3.87. The summed E-state index contributed by atoms with van der Waals surface area (Å²) >= 11 is 3.20. The van der Waals surface area contributed by atoms with E-state index in [0.717, 1.165) is 5.56 Å². The Balaban J connectivity index is 2.16. The molecule has 0 aliphatic heterocycles. The van der Waals surface area contributed by atoms with Gasteiger partial charge in [0.1, 0.15) is 5.82 Å². The SMILES string of the molecule is OC(Cc1ccc(Br)cc1F)c1ccccc1. The van der Waals surface area contributed by atoms with E-state index in [0.29, 0.717) is 10.0 Å². The second-order valence-corrected chi connectivity index (χ2v) is 4.78. The monoisotopic (exact) mass is 294 g/mol. The van der Waals surface area contributed by atoms with Crippen LogP contribution in [0.2, 0.25) is 0 Å².